The number of halogens is 1. The average Bonchev–Trinajstić information content (AvgIpc) is 3.30. The van der Waals surface area contributed by atoms with Gasteiger partial charge in [-0.3, -0.25) is 4.90 Å². The summed E-state index contributed by atoms with van der Waals surface area (Å²) < 4.78 is 24.5. The fraction of sp³-hybridized carbons (Fsp3) is 0.300. The first-order chi connectivity index (χ1) is 12.7. The summed E-state index contributed by atoms with van der Waals surface area (Å²) in [6.07, 6.45) is 0.976. The van der Waals surface area contributed by atoms with Crippen LogP contribution in [-0.2, 0) is 24.4 Å². The zero-order valence-corrected chi connectivity index (χ0v) is 15.2. The molecule has 0 spiro atoms. The van der Waals surface area contributed by atoms with Crippen molar-refractivity contribution in [3.8, 4) is 0 Å². The van der Waals surface area contributed by atoms with E-state index < -0.39 is 6.10 Å². The van der Waals surface area contributed by atoms with Crippen LogP contribution < -0.4 is 0 Å². The summed E-state index contributed by atoms with van der Waals surface area (Å²) in [7, 11) is 0. The van der Waals surface area contributed by atoms with Gasteiger partial charge in [0.15, 0.2) is 0 Å². The highest BCUT2D eigenvalue weighted by molar-refractivity contribution is 7.09. The molecule has 26 heavy (non-hydrogen) atoms. The molecule has 1 atom stereocenters. The van der Waals surface area contributed by atoms with Gasteiger partial charge in [-0.1, -0.05) is 24.3 Å². The fourth-order valence-electron chi connectivity index (χ4n) is 2.70. The summed E-state index contributed by atoms with van der Waals surface area (Å²) in [5, 5.41) is 12.4. The van der Waals surface area contributed by atoms with Gasteiger partial charge in [0.2, 0.25) is 0 Å². The first-order valence-electron chi connectivity index (χ1n) is 8.47. The second-order valence-corrected chi connectivity index (χ2v) is 7.12. The molecule has 2 aromatic heterocycles. The molecular formula is C20H22FNO3S. The molecule has 0 aliphatic rings. The molecule has 2 heterocycles. The monoisotopic (exact) mass is 375 g/mol. The Morgan fingerprint density at radius 2 is 2.00 bits per heavy atom. The first-order valence-corrected chi connectivity index (χ1v) is 9.35. The van der Waals surface area contributed by atoms with Crippen molar-refractivity contribution in [3.63, 3.8) is 0 Å². The number of benzene rings is 1. The van der Waals surface area contributed by atoms with Crippen molar-refractivity contribution >= 4 is 11.3 Å². The maximum Gasteiger partial charge on any atom is 0.128 e. The van der Waals surface area contributed by atoms with Gasteiger partial charge in [0, 0.05) is 23.5 Å². The lowest BCUT2D eigenvalue weighted by Gasteiger charge is -2.23. The summed E-state index contributed by atoms with van der Waals surface area (Å²) >= 11 is 1.68. The molecule has 1 N–H and O–H groups in total. The molecule has 1 aromatic carbocycles. The third-order valence-electron chi connectivity index (χ3n) is 3.91. The molecule has 0 bridgehead atoms. The number of rotatable bonds is 10. The van der Waals surface area contributed by atoms with Crippen LogP contribution in [0.25, 0.3) is 0 Å². The molecule has 138 valence electrons. The fourth-order valence-corrected chi connectivity index (χ4v) is 3.45. The molecule has 3 rings (SSSR count). The van der Waals surface area contributed by atoms with Gasteiger partial charge in [-0.25, -0.2) is 4.39 Å². The second-order valence-electron chi connectivity index (χ2n) is 6.09. The molecule has 6 heteroatoms. The Labute approximate surface area is 156 Å². The van der Waals surface area contributed by atoms with Crippen molar-refractivity contribution < 1.29 is 18.7 Å². The number of aliphatic hydroxyl groups is 1. The van der Waals surface area contributed by atoms with Crippen LogP contribution >= 0.6 is 11.3 Å². The lowest BCUT2D eigenvalue weighted by atomic mass is 10.2. The Morgan fingerprint density at radius 1 is 1.12 bits per heavy atom. The Balaban J connectivity index is 1.51. The van der Waals surface area contributed by atoms with E-state index in [9.17, 15) is 9.50 Å². The van der Waals surface area contributed by atoms with Gasteiger partial charge in [0.05, 0.1) is 32.1 Å². The Kier molecular flexibility index (Phi) is 6.96. The van der Waals surface area contributed by atoms with Crippen LogP contribution in [0.1, 0.15) is 16.2 Å². The number of nitrogens with zero attached hydrogens (tertiary/aromatic N) is 1. The number of hydrogen-bond acceptors (Lipinski definition) is 5. The molecule has 0 saturated heterocycles. The molecule has 0 amide bonds. The van der Waals surface area contributed by atoms with E-state index in [1.807, 2.05) is 23.6 Å². The minimum absolute atomic E-state index is 0.146. The van der Waals surface area contributed by atoms with Crippen LogP contribution in [0.3, 0.4) is 0 Å². The second kappa shape index (κ2) is 9.64. The van der Waals surface area contributed by atoms with E-state index in [0.717, 1.165) is 12.3 Å². The number of thiophene rings is 1. The summed E-state index contributed by atoms with van der Waals surface area (Å²) in [5.74, 6) is 0.556. The van der Waals surface area contributed by atoms with Crippen molar-refractivity contribution in [2.24, 2.45) is 0 Å². The van der Waals surface area contributed by atoms with Crippen molar-refractivity contribution in [1.29, 1.82) is 0 Å². The number of furan rings is 1. The van der Waals surface area contributed by atoms with E-state index >= 15 is 0 Å². The Bertz CT molecular complexity index is 725. The van der Waals surface area contributed by atoms with Crippen LogP contribution in [0.2, 0.25) is 0 Å². The molecule has 4 nitrogen and oxygen atoms in total. The highest BCUT2D eigenvalue weighted by Gasteiger charge is 2.15. The maximum atomic E-state index is 13.6. The normalized spacial score (nSPS) is 12.6. The minimum atomic E-state index is -0.670. The van der Waals surface area contributed by atoms with Crippen molar-refractivity contribution in [2.45, 2.75) is 25.8 Å². The third-order valence-corrected chi connectivity index (χ3v) is 4.77. The van der Waals surface area contributed by atoms with E-state index in [0.29, 0.717) is 18.7 Å². The summed E-state index contributed by atoms with van der Waals surface area (Å²) in [5.41, 5.74) is 0.491. The van der Waals surface area contributed by atoms with Gasteiger partial charge >= 0.3 is 0 Å². The molecule has 0 aliphatic heterocycles. The molecule has 0 fully saturated rings. The van der Waals surface area contributed by atoms with Crippen molar-refractivity contribution in [2.75, 3.05) is 13.2 Å². The number of ether oxygens (including phenoxy) is 1. The van der Waals surface area contributed by atoms with Gasteiger partial charge < -0.3 is 14.3 Å². The topological polar surface area (TPSA) is 45.8 Å². The average molecular weight is 375 g/mol. The van der Waals surface area contributed by atoms with Gasteiger partial charge in [-0.2, -0.15) is 0 Å². The molecule has 0 saturated carbocycles. The zero-order chi connectivity index (χ0) is 18.2. The standard InChI is InChI=1S/C20H22FNO3S/c21-20-8-2-1-5-16(20)14-24-15-17(23)11-22(12-18-6-3-9-25-18)13-19-7-4-10-26-19/h1-10,17,23H,11-15H2. The lowest BCUT2D eigenvalue weighted by molar-refractivity contribution is 0.00558. The summed E-state index contributed by atoms with van der Waals surface area (Å²) in [6.45, 7) is 2.06. The minimum Gasteiger partial charge on any atom is -0.468 e. The van der Waals surface area contributed by atoms with Crippen LogP contribution in [0.5, 0.6) is 0 Å². The maximum absolute atomic E-state index is 13.6. The summed E-state index contributed by atoms with van der Waals surface area (Å²) in [4.78, 5) is 3.33. The van der Waals surface area contributed by atoms with Gasteiger partial charge in [0.1, 0.15) is 11.6 Å². The first kappa shape index (κ1) is 18.8. The molecular weight excluding hydrogens is 353 g/mol. The van der Waals surface area contributed by atoms with Gasteiger partial charge in [-0.15, -0.1) is 11.3 Å². The van der Waals surface area contributed by atoms with Crippen molar-refractivity contribution in [1.82, 2.24) is 4.90 Å². The van der Waals surface area contributed by atoms with Crippen LogP contribution in [0.15, 0.2) is 64.6 Å². The van der Waals surface area contributed by atoms with E-state index in [2.05, 4.69) is 11.0 Å². The number of hydrogen-bond donors (Lipinski definition) is 1. The quantitative estimate of drug-likeness (QED) is 0.580. The highest BCUT2D eigenvalue weighted by Crippen LogP contribution is 2.15. The van der Waals surface area contributed by atoms with E-state index in [1.165, 1.54) is 10.9 Å². The molecule has 1 unspecified atom stereocenters. The highest BCUT2D eigenvalue weighted by atomic mass is 32.1. The zero-order valence-electron chi connectivity index (χ0n) is 14.4. The number of aliphatic hydroxyl groups excluding tert-OH is 1. The van der Waals surface area contributed by atoms with Crippen molar-refractivity contribution in [3.05, 3.63) is 82.2 Å². The predicted molar refractivity (Wildman–Crippen MR) is 99.2 cm³/mol. The van der Waals surface area contributed by atoms with E-state index in [1.54, 1.807) is 35.8 Å². The lowest BCUT2D eigenvalue weighted by Crippen LogP contribution is -2.34. The molecule has 0 radical (unpaired) electrons. The van der Waals surface area contributed by atoms with Crippen LogP contribution in [0.4, 0.5) is 4.39 Å². The summed E-state index contributed by atoms with van der Waals surface area (Å²) in [6, 6.07) is 14.4. The molecule has 3 aromatic rings. The van der Waals surface area contributed by atoms with E-state index in [4.69, 9.17) is 9.15 Å². The van der Waals surface area contributed by atoms with Gasteiger partial charge in [0.25, 0.3) is 0 Å². The smallest absolute Gasteiger partial charge is 0.128 e. The van der Waals surface area contributed by atoms with Gasteiger partial charge in [-0.05, 0) is 29.6 Å². The largest absolute Gasteiger partial charge is 0.468 e. The SMILES string of the molecule is OC(COCc1ccccc1F)CN(Cc1ccco1)Cc1cccs1. The molecule has 0 aliphatic carbocycles. The Hall–Kier alpha value is -1.99. The Morgan fingerprint density at radius 3 is 2.73 bits per heavy atom. The van der Waals surface area contributed by atoms with Crippen LogP contribution in [-0.4, -0.2) is 29.3 Å². The van der Waals surface area contributed by atoms with E-state index in [-0.39, 0.29) is 19.0 Å². The van der Waals surface area contributed by atoms with Crippen LogP contribution in [0, 0.1) is 5.82 Å². The third kappa shape index (κ3) is 5.78. The predicted octanol–water partition coefficient (Wildman–Crippen LogP) is 4.06.